The molecule has 2 aromatic carbocycles. The number of amides is 3. The summed E-state index contributed by atoms with van der Waals surface area (Å²) in [6.45, 7) is 0. The van der Waals surface area contributed by atoms with Crippen molar-refractivity contribution in [1.82, 2.24) is 20.3 Å². The summed E-state index contributed by atoms with van der Waals surface area (Å²) in [5, 5.41) is 18.2. The van der Waals surface area contributed by atoms with E-state index in [9.17, 15) is 14.9 Å². The summed E-state index contributed by atoms with van der Waals surface area (Å²) in [5.74, 6) is 0.846. The number of halogens is 1. The Labute approximate surface area is 254 Å². The number of nitrogens with one attached hydrogen (secondary N) is 3. The lowest BCUT2D eigenvalue weighted by atomic mass is 10.1. The van der Waals surface area contributed by atoms with E-state index >= 15 is 0 Å². The van der Waals surface area contributed by atoms with Crippen molar-refractivity contribution in [1.29, 1.82) is 5.26 Å². The number of rotatable bonds is 10. The molecule has 0 aliphatic carbocycles. The molecule has 0 fully saturated rings. The molecular weight excluding hydrogens is 626 g/mol. The molecule has 0 aliphatic rings. The van der Waals surface area contributed by atoms with Crippen LogP contribution in [-0.4, -0.2) is 54.0 Å². The SMILES string of the molecule is COc1cc(-c2nc(SCC(=O)NC(=O)Nc3ccccn3)nc(Nc3ccc(Br)cc3)c2C#N)cc(OC)c1OC. The van der Waals surface area contributed by atoms with Crippen molar-refractivity contribution in [3.05, 3.63) is 70.8 Å². The van der Waals surface area contributed by atoms with Gasteiger partial charge in [-0.05, 0) is 48.5 Å². The number of hydrogen-bond acceptors (Lipinski definition) is 11. The van der Waals surface area contributed by atoms with Crippen LogP contribution >= 0.6 is 27.7 Å². The van der Waals surface area contributed by atoms with E-state index in [2.05, 4.69) is 52.9 Å². The van der Waals surface area contributed by atoms with E-state index in [-0.39, 0.29) is 28.0 Å². The lowest BCUT2D eigenvalue weighted by Gasteiger charge is -2.16. The quantitative estimate of drug-likeness (QED) is 0.149. The van der Waals surface area contributed by atoms with Gasteiger partial charge in [0.05, 0.1) is 32.8 Å². The molecule has 0 bridgehead atoms. The van der Waals surface area contributed by atoms with Crippen molar-refractivity contribution in [2.75, 3.05) is 37.7 Å². The van der Waals surface area contributed by atoms with Gasteiger partial charge >= 0.3 is 6.03 Å². The summed E-state index contributed by atoms with van der Waals surface area (Å²) < 4.78 is 17.3. The largest absolute Gasteiger partial charge is 0.493 e. The molecule has 2 heterocycles. The number of urea groups is 1. The van der Waals surface area contributed by atoms with Crippen LogP contribution in [0.5, 0.6) is 17.2 Å². The number of ether oxygens (including phenoxy) is 3. The number of carbonyl (C=O) groups is 2. The van der Waals surface area contributed by atoms with E-state index in [0.29, 0.717) is 34.3 Å². The third kappa shape index (κ3) is 7.45. The third-order valence-corrected chi connectivity index (χ3v) is 6.91. The number of aromatic nitrogens is 3. The van der Waals surface area contributed by atoms with E-state index in [0.717, 1.165) is 16.2 Å². The fourth-order valence-electron chi connectivity index (χ4n) is 3.67. The Morgan fingerprint density at radius 2 is 1.71 bits per heavy atom. The second kappa shape index (κ2) is 14.2. The summed E-state index contributed by atoms with van der Waals surface area (Å²) in [5.41, 5.74) is 1.57. The smallest absolute Gasteiger partial charge is 0.327 e. The molecule has 14 heteroatoms. The lowest BCUT2D eigenvalue weighted by molar-refractivity contribution is -0.117. The first kappa shape index (κ1) is 30.1. The van der Waals surface area contributed by atoms with Crippen LogP contribution in [-0.2, 0) is 4.79 Å². The van der Waals surface area contributed by atoms with Gasteiger partial charge in [0.1, 0.15) is 17.5 Å². The van der Waals surface area contributed by atoms with Gasteiger partial charge in [0.25, 0.3) is 0 Å². The maximum Gasteiger partial charge on any atom is 0.327 e. The molecule has 0 saturated heterocycles. The molecule has 4 rings (SSSR count). The number of thioether (sulfide) groups is 1. The predicted octanol–water partition coefficient (Wildman–Crippen LogP) is 5.38. The highest BCUT2D eigenvalue weighted by atomic mass is 79.9. The van der Waals surface area contributed by atoms with Gasteiger partial charge in [-0.1, -0.05) is 33.8 Å². The zero-order chi connectivity index (χ0) is 30.1. The summed E-state index contributed by atoms with van der Waals surface area (Å²) in [4.78, 5) is 37.9. The zero-order valence-corrected chi connectivity index (χ0v) is 25.0. The summed E-state index contributed by atoms with van der Waals surface area (Å²) in [6.07, 6.45) is 1.51. The molecule has 0 saturated carbocycles. The average molecular weight is 651 g/mol. The van der Waals surface area contributed by atoms with Gasteiger partial charge in [0.2, 0.25) is 11.7 Å². The number of methoxy groups -OCH3 is 3. The minimum absolute atomic E-state index is 0.149. The zero-order valence-electron chi connectivity index (χ0n) is 22.6. The number of imide groups is 1. The lowest BCUT2D eigenvalue weighted by Crippen LogP contribution is -2.35. The normalized spacial score (nSPS) is 10.3. The second-order valence-electron chi connectivity index (χ2n) is 8.24. The van der Waals surface area contributed by atoms with E-state index in [1.165, 1.54) is 27.5 Å². The molecule has 3 amide bonds. The number of pyridine rings is 1. The van der Waals surface area contributed by atoms with Crippen molar-refractivity contribution >= 4 is 57.0 Å². The molecule has 0 spiro atoms. The first-order chi connectivity index (χ1) is 20.3. The fraction of sp³-hybridized carbons (Fsp3) is 0.143. The second-order valence-corrected chi connectivity index (χ2v) is 10.1. The Morgan fingerprint density at radius 3 is 2.31 bits per heavy atom. The summed E-state index contributed by atoms with van der Waals surface area (Å²) >= 11 is 4.39. The molecule has 214 valence electrons. The van der Waals surface area contributed by atoms with E-state index < -0.39 is 11.9 Å². The summed E-state index contributed by atoms with van der Waals surface area (Å²) in [7, 11) is 4.45. The van der Waals surface area contributed by atoms with Crippen LogP contribution in [0.4, 0.5) is 22.1 Å². The monoisotopic (exact) mass is 649 g/mol. The molecule has 0 aliphatic heterocycles. The molecular formula is C28H24BrN7O5S. The Morgan fingerprint density at radius 1 is 1.00 bits per heavy atom. The summed E-state index contributed by atoms with van der Waals surface area (Å²) in [6, 6.07) is 17.1. The van der Waals surface area contributed by atoms with Gasteiger partial charge in [0, 0.05) is 21.9 Å². The number of anilines is 3. The van der Waals surface area contributed by atoms with Gasteiger partial charge in [-0.25, -0.2) is 19.7 Å². The highest BCUT2D eigenvalue weighted by molar-refractivity contribution is 9.10. The molecule has 4 aromatic rings. The number of carbonyl (C=O) groups excluding carboxylic acids is 2. The third-order valence-electron chi connectivity index (χ3n) is 5.54. The van der Waals surface area contributed by atoms with Crippen LogP contribution < -0.4 is 30.2 Å². The van der Waals surface area contributed by atoms with Gasteiger partial charge < -0.3 is 19.5 Å². The van der Waals surface area contributed by atoms with Crippen LogP contribution in [0, 0.1) is 11.3 Å². The molecule has 42 heavy (non-hydrogen) atoms. The van der Waals surface area contributed by atoms with Crippen LogP contribution in [0.25, 0.3) is 11.3 Å². The molecule has 0 atom stereocenters. The fourth-order valence-corrected chi connectivity index (χ4v) is 4.58. The minimum atomic E-state index is -0.726. The van der Waals surface area contributed by atoms with Crippen molar-refractivity contribution in [3.63, 3.8) is 0 Å². The Kier molecular flexibility index (Phi) is 10.1. The Bertz CT molecular complexity index is 1610. The van der Waals surface area contributed by atoms with Crippen LogP contribution in [0.2, 0.25) is 0 Å². The molecule has 12 nitrogen and oxygen atoms in total. The van der Waals surface area contributed by atoms with Crippen molar-refractivity contribution in [2.45, 2.75) is 5.16 Å². The number of benzene rings is 2. The van der Waals surface area contributed by atoms with Gasteiger partial charge in [-0.15, -0.1) is 0 Å². The first-order valence-electron chi connectivity index (χ1n) is 12.1. The van der Waals surface area contributed by atoms with E-state index in [1.807, 2.05) is 24.3 Å². The molecule has 0 unspecified atom stereocenters. The number of nitriles is 1. The van der Waals surface area contributed by atoms with Crippen molar-refractivity contribution in [3.8, 4) is 34.6 Å². The van der Waals surface area contributed by atoms with Gasteiger partial charge in [-0.2, -0.15) is 5.26 Å². The highest BCUT2D eigenvalue weighted by Gasteiger charge is 2.22. The topological polar surface area (TPSA) is 160 Å². The van der Waals surface area contributed by atoms with Crippen molar-refractivity contribution < 1.29 is 23.8 Å². The van der Waals surface area contributed by atoms with Crippen LogP contribution in [0.15, 0.2) is 70.4 Å². The minimum Gasteiger partial charge on any atom is -0.493 e. The van der Waals surface area contributed by atoms with E-state index in [1.54, 1.807) is 30.3 Å². The van der Waals surface area contributed by atoms with E-state index in [4.69, 9.17) is 14.2 Å². The standard InChI is InChI=1S/C28H24BrN7O5S/c1-39-20-12-16(13-21(40-2)25(20)41-3)24-19(14-30)26(32-18-9-7-17(29)8-10-18)36-28(35-24)42-15-23(37)34-27(38)33-22-6-4-5-11-31-22/h4-13H,15H2,1-3H3,(H,32,35,36)(H2,31,33,34,37,38). The van der Waals surface area contributed by atoms with Crippen LogP contribution in [0.1, 0.15) is 5.56 Å². The van der Waals surface area contributed by atoms with Crippen molar-refractivity contribution in [2.24, 2.45) is 0 Å². The maximum absolute atomic E-state index is 12.6. The Balaban J connectivity index is 1.67. The maximum atomic E-state index is 12.6. The molecule has 2 aromatic heterocycles. The first-order valence-corrected chi connectivity index (χ1v) is 13.9. The van der Waals surface area contributed by atoms with Crippen LogP contribution in [0.3, 0.4) is 0 Å². The molecule has 3 N–H and O–H groups in total. The van der Waals surface area contributed by atoms with Gasteiger partial charge in [-0.3, -0.25) is 15.4 Å². The predicted molar refractivity (Wildman–Crippen MR) is 161 cm³/mol. The molecule has 0 radical (unpaired) electrons. The average Bonchev–Trinajstić information content (AvgIpc) is 3.00. The highest BCUT2D eigenvalue weighted by Crippen LogP contribution is 2.42. The number of hydrogen-bond donors (Lipinski definition) is 3. The number of nitrogens with zero attached hydrogens (tertiary/aromatic N) is 4. The Hall–Kier alpha value is -4.87. The van der Waals surface area contributed by atoms with Gasteiger partial charge in [0.15, 0.2) is 22.5 Å².